The normalized spacial score (nSPS) is 10.2. The maximum atomic E-state index is 13.2. The third kappa shape index (κ3) is 7.82. The maximum absolute atomic E-state index is 13.2. The van der Waals surface area contributed by atoms with Gasteiger partial charge in [0.1, 0.15) is 11.6 Å². The molecule has 8 heteroatoms. The summed E-state index contributed by atoms with van der Waals surface area (Å²) in [6, 6.07) is 27.2. The van der Waals surface area contributed by atoms with Gasteiger partial charge in [-0.1, -0.05) is 78.9 Å². The summed E-state index contributed by atoms with van der Waals surface area (Å²) in [4.78, 5) is 24.8. The number of carbonyl (C=O) groups excluding carboxylic acids is 1. The molecule has 2 heterocycles. The number of nitrogens with two attached hydrogens (primary N) is 1. The number of amides is 1. The number of imidazole rings is 1. The van der Waals surface area contributed by atoms with Gasteiger partial charge < -0.3 is 21.4 Å². The van der Waals surface area contributed by atoms with Gasteiger partial charge in [0.25, 0.3) is 5.91 Å². The fraction of sp³-hybridized carbons (Fsp3) is 0.143. The molecule has 2 aromatic heterocycles. The average Bonchev–Trinajstić information content (AvgIpc) is 3.55. The molecule has 0 aliphatic heterocycles. The Hall–Kier alpha value is -5.52. The van der Waals surface area contributed by atoms with Crippen LogP contribution in [0, 0.1) is 25.2 Å². The summed E-state index contributed by atoms with van der Waals surface area (Å²) in [5.74, 6) is -0.122. The van der Waals surface area contributed by atoms with Gasteiger partial charge >= 0.3 is 0 Å². The molecule has 0 spiro atoms. The fourth-order valence-corrected chi connectivity index (χ4v) is 4.61. The third-order valence-electron chi connectivity index (χ3n) is 6.83. The monoisotopic (exact) mass is 569 g/mol. The Morgan fingerprint density at radius 2 is 1.84 bits per heavy atom. The summed E-state index contributed by atoms with van der Waals surface area (Å²) in [7, 11) is 0. The first-order chi connectivity index (χ1) is 20.9. The Morgan fingerprint density at radius 1 is 1.05 bits per heavy atom. The highest BCUT2D eigenvalue weighted by molar-refractivity contribution is 6.06. The van der Waals surface area contributed by atoms with E-state index in [4.69, 9.17) is 10.7 Å². The van der Waals surface area contributed by atoms with E-state index in [0.717, 1.165) is 52.0 Å². The Bertz CT molecular complexity index is 1740. The summed E-state index contributed by atoms with van der Waals surface area (Å²) in [5.41, 5.74) is 13.8. The van der Waals surface area contributed by atoms with Crippen LogP contribution in [0.3, 0.4) is 0 Å². The van der Waals surface area contributed by atoms with E-state index in [1.54, 1.807) is 24.7 Å². The van der Waals surface area contributed by atoms with E-state index in [-0.39, 0.29) is 18.3 Å². The number of pyridine rings is 1. The van der Waals surface area contributed by atoms with Gasteiger partial charge in [-0.05, 0) is 48.9 Å². The lowest BCUT2D eigenvalue weighted by atomic mass is 9.96. The number of hydrogen-bond donors (Lipinski definition) is 4. The number of nitrogens with one attached hydrogen (secondary N) is 3. The van der Waals surface area contributed by atoms with Crippen molar-refractivity contribution in [3.05, 3.63) is 138 Å². The highest BCUT2D eigenvalue weighted by Crippen LogP contribution is 2.34. The number of nitriles is 1. The largest absolute Gasteiger partial charge is 0.391 e. The second-order valence-electron chi connectivity index (χ2n) is 9.88. The van der Waals surface area contributed by atoms with Crippen molar-refractivity contribution >= 4 is 11.7 Å². The van der Waals surface area contributed by atoms with Crippen molar-refractivity contribution in [3.63, 3.8) is 0 Å². The molecule has 0 aliphatic carbocycles. The number of rotatable bonds is 9. The van der Waals surface area contributed by atoms with Gasteiger partial charge in [0.2, 0.25) is 0 Å². The highest BCUT2D eigenvalue weighted by atomic mass is 16.1. The van der Waals surface area contributed by atoms with Gasteiger partial charge in [-0.15, -0.1) is 0 Å². The lowest BCUT2D eigenvalue weighted by Crippen LogP contribution is -2.17. The van der Waals surface area contributed by atoms with E-state index in [1.165, 1.54) is 0 Å². The van der Waals surface area contributed by atoms with E-state index in [9.17, 15) is 10.1 Å². The molecule has 8 nitrogen and oxygen atoms in total. The zero-order valence-corrected chi connectivity index (χ0v) is 24.4. The van der Waals surface area contributed by atoms with Crippen molar-refractivity contribution in [2.45, 2.75) is 26.8 Å². The summed E-state index contributed by atoms with van der Waals surface area (Å²) in [5, 5.41) is 16.0. The zero-order valence-electron chi connectivity index (χ0n) is 24.4. The van der Waals surface area contributed by atoms with Crippen LogP contribution in [0.5, 0.6) is 0 Å². The van der Waals surface area contributed by atoms with Crippen LogP contribution < -0.4 is 16.4 Å². The van der Waals surface area contributed by atoms with Crippen LogP contribution in [0.4, 0.5) is 5.82 Å². The maximum Gasteiger partial charge on any atom is 0.257 e. The van der Waals surface area contributed by atoms with Crippen molar-refractivity contribution in [1.82, 2.24) is 20.3 Å². The number of hydrogen-bond acceptors (Lipinski definition) is 6. The number of carbonyl (C=O) groups is 1. The topological polar surface area (TPSA) is 133 Å². The van der Waals surface area contributed by atoms with Crippen LogP contribution in [-0.4, -0.2) is 27.4 Å². The molecular formula is C35H35N7O. The minimum Gasteiger partial charge on any atom is -0.391 e. The molecule has 5 N–H and O–H groups in total. The molecule has 0 radical (unpaired) electrons. The molecule has 5 aromatic rings. The van der Waals surface area contributed by atoms with Crippen molar-refractivity contribution < 1.29 is 4.79 Å². The SMILES string of the molecule is C=CNCCc1cnc[nH]1.Cc1cccc(-c2cc(-c3ccccc3C)nc(NC(=O)c3ccccc3CN)c2C#N)c1. The van der Waals surface area contributed by atoms with Crippen molar-refractivity contribution in [2.75, 3.05) is 11.9 Å². The summed E-state index contributed by atoms with van der Waals surface area (Å²) in [6.07, 6.45) is 6.16. The number of benzene rings is 3. The fourth-order valence-electron chi connectivity index (χ4n) is 4.61. The van der Waals surface area contributed by atoms with Crippen molar-refractivity contribution in [1.29, 1.82) is 5.26 Å². The first kappa shape index (κ1) is 30.4. The van der Waals surface area contributed by atoms with Crippen molar-refractivity contribution in [3.8, 4) is 28.5 Å². The number of aromatic nitrogens is 3. The lowest BCUT2D eigenvalue weighted by Gasteiger charge is -2.15. The average molecular weight is 570 g/mol. The van der Waals surface area contributed by atoms with E-state index in [2.05, 4.69) is 33.2 Å². The molecule has 0 bridgehead atoms. The smallest absolute Gasteiger partial charge is 0.257 e. The molecule has 216 valence electrons. The number of nitrogens with zero attached hydrogens (tertiary/aromatic N) is 3. The molecule has 0 saturated carbocycles. The quantitative estimate of drug-likeness (QED) is 0.154. The molecule has 0 atom stereocenters. The standard InChI is InChI=1S/C28H24N4O.C7H11N3/c1-18-8-7-11-20(14-18)24-15-26(22-12-5-3-9-19(22)2)31-27(25(24)17-30)32-28(33)23-13-6-4-10-21(23)16-29;1-2-8-4-3-7-5-9-6-10-7/h3-15H,16,29H2,1-2H3,(H,31,32,33);2,5-6,8H,1,3-4H2,(H,9,10). The lowest BCUT2D eigenvalue weighted by molar-refractivity contribution is 0.102. The van der Waals surface area contributed by atoms with Gasteiger partial charge in [0.15, 0.2) is 5.82 Å². The van der Waals surface area contributed by atoms with Crippen molar-refractivity contribution in [2.24, 2.45) is 5.73 Å². The van der Waals surface area contributed by atoms with E-state index >= 15 is 0 Å². The van der Waals surface area contributed by atoms with Gasteiger partial charge in [-0.3, -0.25) is 4.79 Å². The van der Waals surface area contributed by atoms with Gasteiger partial charge in [0.05, 0.1) is 12.0 Å². The predicted molar refractivity (Wildman–Crippen MR) is 172 cm³/mol. The summed E-state index contributed by atoms with van der Waals surface area (Å²) in [6.45, 7) is 8.70. The van der Waals surface area contributed by atoms with E-state index in [0.29, 0.717) is 16.8 Å². The molecule has 0 aliphatic rings. The van der Waals surface area contributed by atoms with Crippen LogP contribution >= 0.6 is 0 Å². The molecule has 1 amide bonds. The summed E-state index contributed by atoms with van der Waals surface area (Å²) >= 11 is 0. The molecule has 0 saturated heterocycles. The Labute approximate surface area is 252 Å². The van der Waals surface area contributed by atoms with Crippen LogP contribution in [0.25, 0.3) is 22.4 Å². The van der Waals surface area contributed by atoms with Crippen LogP contribution in [0.1, 0.15) is 38.3 Å². The number of aromatic amines is 1. The van der Waals surface area contributed by atoms with E-state index < -0.39 is 0 Å². The summed E-state index contributed by atoms with van der Waals surface area (Å²) < 4.78 is 0. The molecule has 0 unspecified atom stereocenters. The Morgan fingerprint density at radius 3 is 2.53 bits per heavy atom. The third-order valence-corrected chi connectivity index (χ3v) is 6.83. The minimum absolute atomic E-state index is 0.228. The minimum atomic E-state index is -0.350. The number of H-pyrrole nitrogens is 1. The Kier molecular flexibility index (Phi) is 10.6. The first-order valence-electron chi connectivity index (χ1n) is 13.9. The molecule has 43 heavy (non-hydrogen) atoms. The second kappa shape index (κ2) is 14.9. The van der Waals surface area contributed by atoms with E-state index in [1.807, 2.05) is 86.8 Å². The zero-order chi connectivity index (χ0) is 30.6. The van der Waals surface area contributed by atoms with Crippen LogP contribution in [0.15, 0.2) is 104 Å². The predicted octanol–water partition coefficient (Wildman–Crippen LogP) is 6.30. The molecule has 3 aromatic carbocycles. The molecule has 5 rings (SSSR count). The van der Waals surface area contributed by atoms with Gasteiger partial charge in [-0.25, -0.2) is 9.97 Å². The highest BCUT2D eigenvalue weighted by Gasteiger charge is 2.19. The second-order valence-corrected chi connectivity index (χ2v) is 9.88. The molecule has 0 fully saturated rings. The number of aryl methyl sites for hydroxylation is 2. The van der Waals surface area contributed by atoms with Crippen LogP contribution in [-0.2, 0) is 13.0 Å². The van der Waals surface area contributed by atoms with Gasteiger partial charge in [0, 0.05) is 48.1 Å². The number of anilines is 1. The first-order valence-corrected chi connectivity index (χ1v) is 13.9. The Balaban J connectivity index is 0.000000359. The molecular weight excluding hydrogens is 534 g/mol. The van der Waals surface area contributed by atoms with Gasteiger partial charge in [-0.2, -0.15) is 5.26 Å². The van der Waals surface area contributed by atoms with Crippen LogP contribution in [0.2, 0.25) is 0 Å².